The van der Waals surface area contributed by atoms with Crippen molar-refractivity contribution in [3.63, 3.8) is 0 Å². The molecule has 1 N–H and O–H groups in total. The summed E-state index contributed by atoms with van der Waals surface area (Å²) in [5, 5.41) is 13.6. The van der Waals surface area contributed by atoms with Crippen molar-refractivity contribution < 1.29 is 4.52 Å². The molecule has 3 aromatic heterocycles. The van der Waals surface area contributed by atoms with Crippen LogP contribution in [-0.4, -0.2) is 36.4 Å². The van der Waals surface area contributed by atoms with E-state index in [0.717, 1.165) is 36.7 Å². The first-order valence-corrected chi connectivity index (χ1v) is 9.95. The Morgan fingerprint density at radius 3 is 2.93 bits per heavy atom. The number of benzene rings is 1. The van der Waals surface area contributed by atoms with Crippen LogP contribution in [0.5, 0.6) is 0 Å². The van der Waals surface area contributed by atoms with Gasteiger partial charge < -0.3 is 14.4 Å². The van der Waals surface area contributed by atoms with Crippen LogP contribution in [0.3, 0.4) is 0 Å². The largest absolute Gasteiger partial charge is 0.356 e. The Bertz CT molecular complexity index is 1260. The van der Waals surface area contributed by atoms with Gasteiger partial charge in [-0.1, -0.05) is 28.9 Å². The molecular weight excluding hydrogens is 406 g/mol. The van der Waals surface area contributed by atoms with E-state index < -0.39 is 0 Å². The average molecular weight is 424 g/mol. The molecule has 1 aliphatic heterocycles. The molecule has 0 saturated heterocycles. The number of hydrogen-bond acceptors (Lipinski definition) is 7. The molecule has 4 aromatic rings. The van der Waals surface area contributed by atoms with Crippen molar-refractivity contribution in [1.29, 1.82) is 0 Å². The highest BCUT2D eigenvalue weighted by Gasteiger charge is 2.29. The number of nitrogens with one attached hydrogen (secondary N) is 1. The molecule has 1 atom stereocenters. The number of aromatic nitrogens is 6. The van der Waals surface area contributed by atoms with E-state index in [4.69, 9.17) is 16.1 Å². The molecular formula is C20H18ClN7O2. The lowest BCUT2D eigenvalue weighted by Crippen LogP contribution is -2.35. The number of anilines is 1. The number of hydrogen-bond donors (Lipinski definition) is 1. The van der Waals surface area contributed by atoms with E-state index in [2.05, 4.69) is 37.1 Å². The Morgan fingerprint density at radius 2 is 2.10 bits per heavy atom. The van der Waals surface area contributed by atoms with Crippen LogP contribution in [0.1, 0.15) is 25.1 Å². The first-order valence-electron chi connectivity index (χ1n) is 9.57. The van der Waals surface area contributed by atoms with Gasteiger partial charge >= 0.3 is 0 Å². The smallest absolute Gasteiger partial charge is 0.251 e. The normalized spacial score (nSPS) is 14.5. The van der Waals surface area contributed by atoms with Crippen LogP contribution in [0.15, 0.2) is 52.0 Å². The molecule has 0 radical (unpaired) electrons. The lowest BCUT2D eigenvalue weighted by atomic mass is 10.1. The third-order valence-electron chi connectivity index (χ3n) is 5.21. The van der Waals surface area contributed by atoms with Crippen LogP contribution in [-0.2, 0) is 6.54 Å². The highest BCUT2D eigenvalue weighted by molar-refractivity contribution is 6.30. The second kappa shape index (κ2) is 7.42. The van der Waals surface area contributed by atoms with Crippen LogP contribution < -0.4 is 10.5 Å². The molecule has 4 heterocycles. The third kappa shape index (κ3) is 3.26. The molecule has 1 aromatic carbocycles. The predicted octanol–water partition coefficient (Wildman–Crippen LogP) is 3.31. The SMILES string of the molecule is C[C@H](c1cc(-c2cccc(Cl)c2)on1)N1CCCn2c(-c3cc(=O)[nH]cn3)nnc21. The Morgan fingerprint density at radius 1 is 1.20 bits per heavy atom. The molecule has 30 heavy (non-hydrogen) atoms. The molecule has 0 amide bonds. The summed E-state index contributed by atoms with van der Waals surface area (Å²) >= 11 is 6.09. The van der Waals surface area contributed by atoms with E-state index in [1.165, 1.54) is 12.4 Å². The van der Waals surface area contributed by atoms with Crippen molar-refractivity contribution in [2.24, 2.45) is 0 Å². The second-order valence-electron chi connectivity index (χ2n) is 7.12. The Hall–Kier alpha value is -3.46. The number of nitrogens with zero attached hydrogens (tertiary/aromatic N) is 6. The minimum absolute atomic E-state index is 0.0788. The van der Waals surface area contributed by atoms with Crippen LogP contribution in [0.2, 0.25) is 5.02 Å². The third-order valence-corrected chi connectivity index (χ3v) is 5.44. The van der Waals surface area contributed by atoms with E-state index in [0.29, 0.717) is 22.3 Å². The summed E-state index contributed by atoms with van der Waals surface area (Å²) in [6.45, 7) is 3.61. The summed E-state index contributed by atoms with van der Waals surface area (Å²) in [4.78, 5) is 20.5. The van der Waals surface area contributed by atoms with E-state index in [9.17, 15) is 4.79 Å². The van der Waals surface area contributed by atoms with Gasteiger partial charge in [0, 0.05) is 35.8 Å². The summed E-state index contributed by atoms with van der Waals surface area (Å²) in [5.41, 5.74) is 1.93. The van der Waals surface area contributed by atoms with Gasteiger partial charge in [-0.15, -0.1) is 10.2 Å². The van der Waals surface area contributed by atoms with Gasteiger partial charge in [-0.2, -0.15) is 0 Å². The fourth-order valence-electron chi connectivity index (χ4n) is 3.68. The highest BCUT2D eigenvalue weighted by Crippen LogP contribution is 2.33. The summed E-state index contributed by atoms with van der Waals surface area (Å²) < 4.78 is 7.55. The zero-order chi connectivity index (χ0) is 20.7. The summed E-state index contributed by atoms with van der Waals surface area (Å²) in [7, 11) is 0. The first-order chi connectivity index (χ1) is 14.6. The minimum Gasteiger partial charge on any atom is -0.356 e. The predicted molar refractivity (Wildman–Crippen MR) is 111 cm³/mol. The standard InChI is InChI=1S/C20H18ClN7O2/c1-12(15-9-17(30-26-15)13-4-2-5-14(21)8-13)27-6-3-7-28-19(24-25-20(27)28)16-10-18(29)23-11-22-16/h2,4-5,8-12H,3,6-7H2,1H3,(H,22,23,29)/t12-/m1/s1. The maximum atomic E-state index is 11.7. The number of fused-ring (bicyclic) bond motifs is 1. The molecule has 10 heteroatoms. The van der Waals surface area contributed by atoms with E-state index in [-0.39, 0.29) is 11.6 Å². The zero-order valence-electron chi connectivity index (χ0n) is 16.1. The van der Waals surface area contributed by atoms with E-state index >= 15 is 0 Å². The van der Waals surface area contributed by atoms with Crippen molar-refractivity contribution in [3.8, 4) is 22.8 Å². The van der Waals surface area contributed by atoms with Crippen molar-refractivity contribution in [2.75, 3.05) is 11.4 Å². The monoisotopic (exact) mass is 423 g/mol. The van der Waals surface area contributed by atoms with E-state index in [1.807, 2.05) is 34.9 Å². The molecule has 0 aliphatic carbocycles. The number of H-pyrrole nitrogens is 1. The average Bonchev–Trinajstić information content (AvgIpc) is 3.41. The second-order valence-corrected chi connectivity index (χ2v) is 7.56. The van der Waals surface area contributed by atoms with Crippen LogP contribution >= 0.6 is 11.6 Å². The first kappa shape index (κ1) is 18.6. The number of halogens is 1. The van der Waals surface area contributed by atoms with Gasteiger partial charge in [-0.3, -0.25) is 9.36 Å². The zero-order valence-corrected chi connectivity index (χ0v) is 16.9. The molecule has 0 spiro atoms. The quantitative estimate of drug-likeness (QED) is 0.536. The molecule has 0 unspecified atom stereocenters. The molecule has 0 saturated carbocycles. The van der Waals surface area contributed by atoms with E-state index in [1.54, 1.807) is 0 Å². The van der Waals surface area contributed by atoms with Crippen molar-refractivity contribution >= 4 is 17.5 Å². The maximum Gasteiger partial charge on any atom is 0.251 e. The Balaban J connectivity index is 1.46. The molecule has 0 bridgehead atoms. The molecule has 0 fully saturated rings. The van der Waals surface area contributed by atoms with Crippen LogP contribution in [0.25, 0.3) is 22.8 Å². The van der Waals surface area contributed by atoms with Crippen molar-refractivity contribution in [2.45, 2.75) is 25.9 Å². The maximum absolute atomic E-state index is 11.7. The van der Waals surface area contributed by atoms with Crippen molar-refractivity contribution in [1.82, 2.24) is 29.9 Å². The number of rotatable bonds is 4. The summed E-state index contributed by atoms with van der Waals surface area (Å²) in [6.07, 6.45) is 2.28. The molecule has 152 valence electrons. The van der Waals surface area contributed by atoms with Gasteiger partial charge in [0.1, 0.15) is 11.4 Å². The minimum atomic E-state index is -0.227. The van der Waals surface area contributed by atoms with Crippen LogP contribution in [0.4, 0.5) is 5.95 Å². The lowest BCUT2D eigenvalue weighted by Gasteiger charge is -2.32. The Kier molecular flexibility index (Phi) is 4.59. The van der Waals surface area contributed by atoms with Gasteiger partial charge in [0.25, 0.3) is 5.56 Å². The van der Waals surface area contributed by atoms with Crippen molar-refractivity contribution in [3.05, 3.63) is 63.8 Å². The fourth-order valence-corrected chi connectivity index (χ4v) is 3.87. The van der Waals surface area contributed by atoms with Gasteiger partial charge in [-0.05, 0) is 25.5 Å². The summed E-state index contributed by atoms with van der Waals surface area (Å²) in [5.74, 6) is 1.96. The molecule has 1 aliphatic rings. The van der Waals surface area contributed by atoms with Gasteiger partial charge in [-0.25, -0.2) is 4.98 Å². The Labute approximate surface area is 176 Å². The summed E-state index contributed by atoms with van der Waals surface area (Å²) in [6, 6.07) is 10.7. The topological polar surface area (TPSA) is 106 Å². The molecule has 5 rings (SSSR count). The van der Waals surface area contributed by atoms with Gasteiger partial charge in [0.05, 0.1) is 12.4 Å². The van der Waals surface area contributed by atoms with Crippen LogP contribution in [0, 0.1) is 0 Å². The van der Waals surface area contributed by atoms with Gasteiger partial charge in [0.2, 0.25) is 5.95 Å². The lowest BCUT2D eigenvalue weighted by molar-refractivity contribution is 0.412. The fraction of sp³-hybridized carbons (Fsp3) is 0.250. The van der Waals surface area contributed by atoms with Gasteiger partial charge in [0.15, 0.2) is 11.6 Å². The molecule has 9 nitrogen and oxygen atoms in total. The highest BCUT2D eigenvalue weighted by atomic mass is 35.5. The number of aromatic amines is 1.